The van der Waals surface area contributed by atoms with Gasteiger partial charge >= 0.3 is 0 Å². The Morgan fingerprint density at radius 2 is 1.68 bits per heavy atom. The van der Waals surface area contributed by atoms with E-state index in [1.165, 1.54) is 37.6 Å². The third-order valence-electron chi connectivity index (χ3n) is 5.82. The summed E-state index contributed by atoms with van der Waals surface area (Å²) in [6.45, 7) is 0. The Morgan fingerprint density at radius 1 is 0.947 bits per heavy atom. The monoisotopic (exact) mass is 526 g/mol. The van der Waals surface area contributed by atoms with Gasteiger partial charge in [0.05, 0.1) is 28.9 Å². The topological polar surface area (TPSA) is 123 Å². The van der Waals surface area contributed by atoms with Crippen molar-refractivity contribution in [2.24, 2.45) is 4.99 Å². The van der Waals surface area contributed by atoms with E-state index in [2.05, 4.69) is 14.7 Å². The van der Waals surface area contributed by atoms with Crippen molar-refractivity contribution in [2.75, 3.05) is 11.8 Å². The minimum absolute atomic E-state index is 0.107. The highest BCUT2D eigenvalue weighted by molar-refractivity contribution is 7.92. The van der Waals surface area contributed by atoms with Crippen LogP contribution in [0.15, 0.2) is 112 Å². The maximum absolute atomic E-state index is 13.5. The average molecular weight is 527 g/mol. The highest BCUT2D eigenvalue weighted by atomic mass is 32.2. The molecule has 5 aromatic rings. The quantitative estimate of drug-likeness (QED) is 0.298. The minimum Gasteiger partial charge on any atom is -0.495 e. The molecule has 0 unspecified atom stereocenters. The van der Waals surface area contributed by atoms with Crippen LogP contribution in [0.1, 0.15) is 5.56 Å². The fraction of sp³-hybridized carbons (Fsp3) is 0.0357. The van der Waals surface area contributed by atoms with E-state index in [9.17, 15) is 18.3 Å². The van der Waals surface area contributed by atoms with Gasteiger partial charge in [-0.1, -0.05) is 42.5 Å². The predicted octanol–water partition coefficient (Wildman–Crippen LogP) is 4.65. The van der Waals surface area contributed by atoms with Crippen LogP contribution in [0.2, 0.25) is 0 Å². The SMILES string of the molecule is COc1ccccc1NS(=O)(=O)c1cccc(-n2c(O)c(C=Nc3ccccn3)c3ccccc3c2=O)c1. The molecule has 0 saturated carbocycles. The van der Waals surface area contributed by atoms with Gasteiger partial charge in [-0.3, -0.25) is 9.52 Å². The van der Waals surface area contributed by atoms with Crippen LogP contribution in [-0.4, -0.2) is 36.4 Å². The first kappa shape index (κ1) is 24.7. The van der Waals surface area contributed by atoms with E-state index in [0.29, 0.717) is 22.3 Å². The maximum atomic E-state index is 13.5. The number of benzene rings is 3. The number of methoxy groups -OCH3 is 1. The lowest BCUT2D eigenvalue weighted by Crippen LogP contribution is -2.21. The van der Waals surface area contributed by atoms with Crippen molar-refractivity contribution < 1.29 is 18.3 Å². The number of aliphatic imine (C=N–C) groups is 1. The van der Waals surface area contributed by atoms with Crippen LogP contribution in [0.25, 0.3) is 16.5 Å². The number of nitrogens with zero attached hydrogens (tertiary/aromatic N) is 3. The summed E-state index contributed by atoms with van der Waals surface area (Å²) in [6.07, 6.45) is 3.02. The van der Waals surface area contributed by atoms with E-state index in [1.54, 1.807) is 72.9 Å². The van der Waals surface area contributed by atoms with Gasteiger partial charge in [0, 0.05) is 23.2 Å². The summed E-state index contributed by atoms with van der Waals surface area (Å²) in [5.74, 6) is 0.386. The molecule has 0 atom stereocenters. The number of hydrogen-bond donors (Lipinski definition) is 2. The van der Waals surface area contributed by atoms with E-state index in [-0.39, 0.29) is 27.7 Å². The van der Waals surface area contributed by atoms with Gasteiger partial charge in [-0.2, -0.15) is 0 Å². The van der Waals surface area contributed by atoms with Gasteiger partial charge in [-0.15, -0.1) is 0 Å². The fourth-order valence-corrected chi connectivity index (χ4v) is 5.12. The zero-order valence-corrected chi connectivity index (χ0v) is 21.0. The van der Waals surface area contributed by atoms with Gasteiger partial charge in [0.1, 0.15) is 5.75 Å². The third-order valence-corrected chi connectivity index (χ3v) is 7.18. The molecule has 0 bridgehead atoms. The molecule has 0 saturated heterocycles. The van der Waals surface area contributed by atoms with Crippen LogP contribution in [0, 0.1) is 0 Å². The summed E-state index contributed by atoms with van der Waals surface area (Å²) in [4.78, 5) is 21.9. The highest BCUT2D eigenvalue weighted by Gasteiger charge is 2.20. The van der Waals surface area contributed by atoms with Crippen molar-refractivity contribution in [3.05, 3.63) is 113 Å². The first-order chi connectivity index (χ1) is 18.4. The first-order valence-corrected chi connectivity index (χ1v) is 13.0. The predicted molar refractivity (Wildman–Crippen MR) is 147 cm³/mol. The van der Waals surface area contributed by atoms with Crippen molar-refractivity contribution in [1.29, 1.82) is 0 Å². The molecule has 0 fully saturated rings. The Kier molecular flexibility index (Phi) is 6.63. The molecule has 2 heterocycles. The van der Waals surface area contributed by atoms with Gasteiger partial charge in [-0.05, 0) is 48.5 Å². The molecule has 38 heavy (non-hydrogen) atoms. The molecular weight excluding hydrogens is 504 g/mol. The lowest BCUT2D eigenvalue weighted by molar-refractivity contribution is 0.417. The van der Waals surface area contributed by atoms with Gasteiger partial charge in [0.2, 0.25) is 5.88 Å². The number of hydrogen-bond acceptors (Lipinski definition) is 7. The van der Waals surface area contributed by atoms with Crippen LogP contribution in [0.4, 0.5) is 11.5 Å². The summed E-state index contributed by atoms with van der Waals surface area (Å²) < 4.78 is 35.2. The maximum Gasteiger partial charge on any atom is 0.265 e. The molecule has 5 rings (SSSR count). The first-order valence-electron chi connectivity index (χ1n) is 11.5. The van der Waals surface area contributed by atoms with Crippen molar-refractivity contribution in [3.63, 3.8) is 0 Å². The number of aromatic nitrogens is 2. The lowest BCUT2D eigenvalue weighted by atomic mass is 10.1. The van der Waals surface area contributed by atoms with E-state index in [4.69, 9.17) is 4.74 Å². The molecular formula is C28H22N4O5S. The summed E-state index contributed by atoms with van der Waals surface area (Å²) in [6, 6.07) is 24.4. The molecule has 190 valence electrons. The lowest BCUT2D eigenvalue weighted by Gasteiger charge is -2.15. The van der Waals surface area contributed by atoms with Gasteiger partial charge < -0.3 is 9.84 Å². The summed E-state index contributed by atoms with van der Waals surface area (Å²) in [5.41, 5.74) is 0.194. The van der Waals surface area contributed by atoms with Crippen LogP contribution in [0.3, 0.4) is 0 Å². The van der Waals surface area contributed by atoms with E-state index in [0.717, 1.165) is 4.57 Å². The molecule has 3 aromatic carbocycles. The smallest absolute Gasteiger partial charge is 0.265 e. The Labute approximate surface area is 218 Å². The largest absolute Gasteiger partial charge is 0.495 e. The average Bonchev–Trinajstić information content (AvgIpc) is 2.94. The van der Waals surface area contributed by atoms with Gasteiger partial charge in [-0.25, -0.2) is 23.0 Å². The Morgan fingerprint density at radius 3 is 2.45 bits per heavy atom. The zero-order chi connectivity index (χ0) is 26.7. The number of fused-ring (bicyclic) bond motifs is 1. The number of para-hydroxylation sites is 2. The summed E-state index contributed by atoms with van der Waals surface area (Å²) in [5, 5.41) is 12.1. The van der Waals surface area contributed by atoms with Crippen molar-refractivity contribution in [3.8, 4) is 17.3 Å². The number of ether oxygens (including phenoxy) is 1. The van der Waals surface area contributed by atoms with Crippen LogP contribution < -0.4 is 15.0 Å². The van der Waals surface area contributed by atoms with Crippen LogP contribution >= 0.6 is 0 Å². The molecule has 0 aliphatic rings. The Hall–Kier alpha value is -4.96. The summed E-state index contributed by atoms with van der Waals surface area (Å²) in [7, 11) is -2.62. The second kappa shape index (κ2) is 10.2. The number of rotatable bonds is 7. The Bertz CT molecular complexity index is 1830. The second-order valence-corrected chi connectivity index (χ2v) is 9.86. The van der Waals surface area contributed by atoms with Gasteiger partial charge in [0.15, 0.2) is 5.82 Å². The zero-order valence-electron chi connectivity index (χ0n) is 20.1. The molecule has 0 amide bonds. The summed E-state index contributed by atoms with van der Waals surface area (Å²) >= 11 is 0. The number of pyridine rings is 2. The molecule has 0 radical (unpaired) electrons. The molecule has 2 N–H and O–H groups in total. The molecule has 9 nitrogen and oxygen atoms in total. The van der Waals surface area contributed by atoms with Crippen molar-refractivity contribution in [1.82, 2.24) is 9.55 Å². The molecule has 0 aliphatic carbocycles. The normalized spacial score (nSPS) is 11.6. The second-order valence-electron chi connectivity index (χ2n) is 8.17. The minimum atomic E-state index is -4.06. The van der Waals surface area contributed by atoms with E-state index >= 15 is 0 Å². The van der Waals surface area contributed by atoms with Crippen molar-refractivity contribution in [2.45, 2.75) is 4.90 Å². The number of aromatic hydroxyl groups is 1. The number of nitrogens with one attached hydrogen (secondary N) is 1. The van der Waals surface area contributed by atoms with Crippen LogP contribution in [-0.2, 0) is 10.0 Å². The Balaban J connectivity index is 1.64. The number of sulfonamides is 1. The molecule has 0 spiro atoms. The highest BCUT2D eigenvalue weighted by Crippen LogP contribution is 2.29. The molecule has 2 aromatic heterocycles. The van der Waals surface area contributed by atoms with E-state index < -0.39 is 15.6 Å². The third kappa shape index (κ3) is 4.72. The van der Waals surface area contributed by atoms with Crippen molar-refractivity contribution >= 4 is 38.5 Å². The van der Waals surface area contributed by atoms with Crippen LogP contribution in [0.5, 0.6) is 11.6 Å². The number of anilines is 1. The standard InChI is InChI=1S/C28H22N4O5S/c1-37-25-14-5-4-13-24(25)31-38(35,36)20-10-8-9-19(17-20)32-27(33)22-12-3-2-11-21(22)23(28(32)34)18-30-26-15-6-7-16-29-26/h2-18,31,34H,1H3. The van der Waals surface area contributed by atoms with Gasteiger partial charge in [0.25, 0.3) is 15.6 Å². The molecule has 10 heteroatoms. The fourth-order valence-electron chi connectivity index (χ4n) is 4.01. The van der Waals surface area contributed by atoms with E-state index in [1.807, 2.05) is 0 Å². The molecule has 0 aliphatic heterocycles.